The van der Waals surface area contributed by atoms with Gasteiger partial charge >= 0.3 is 0 Å². The normalized spacial score (nSPS) is 19.4. The van der Waals surface area contributed by atoms with Crippen molar-refractivity contribution in [2.75, 3.05) is 6.54 Å². The van der Waals surface area contributed by atoms with E-state index in [4.69, 9.17) is 4.98 Å². The SMILES string of the molecule is Cc1nc(C2CCCN2C(=O)C(C)C)n(C)c1C(C)C. The number of aromatic nitrogens is 2. The Hall–Kier alpha value is -1.32. The second kappa shape index (κ2) is 5.58. The lowest BCUT2D eigenvalue weighted by atomic mass is 10.1. The van der Waals surface area contributed by atoms with Crippen LogP contribution in [0.3, 0.4) is 0 Å². The molecule has 1 fully saturated rings. The number of aryl methyl sites for hydroxylation is 1. The van der Waals surface area contributed by atoms with Gasteiger partial charge < -0.3 is 9.47 Å². The average molecular weight is 277 g/mol. The molecule has 2 rings (SSSR count). The van der Waals surface area contributed by atoms with Gasteiger partial charge in [0.15, 0.2) is 0 Å². The number of carbonyl (C=O) groups excluding carboxylic acids is 1. The molecule has 0 aliphatic carbocycles. The lowest BCUT2D eigenvalue weighted by Crippen LogP contribution is -2.34. The van der Waals surface area contributed by atoms with Gasteiger partial charge in [0.05, 0.1) is 11.7 Å². The zero-order valence-corrected chi connectivity index (χ0v) is 13.6. The first-order chi connectivity index (χ1) is 9.34. The topological polar surface area (TPSA) is 38.1 Å². The Labute approximate surface area is 122 Å². The summed E-state index contributed by atoms with van der Waals surface area (Å²) >= 11 is 0. The summed E-state index contributed by atoms with van der Waals surface area (Å²) < 4.78 is 2.20. The highest BCUT2D eigenvalue weighted by molar-refractivity contribution is 5.78. The molecule has 1 aliphatic rings. The molecule has 0 aromatic carbocycles. The van der Waals surface area contributed by atoms with Crippen molar-refractivity contribution in [3.63, 3.8) is 0 Å². The molecule has 112 valence electrons. The minimum absolute atomic E-state index is 0.0570. The van der Waals surface area contributed by atoms with Crippen LogP contribution in [0.1, 0.15) is 69.7 Å². The van der Waals surface area contributed by atoms with Crippen LogP contribution in [-0.4, -0.2) is 26.9 Å². The number of likely N-dealkylation sites (tertiary alicyclic amines) is 1. The Bertz CT molecular complexity index is 502. The molecule has 0 saturated carbocycles. The summed E-state index contributed by atoms with van der Waals surface area (Å²) in [6, 6.07) is 0.154. The van der Waals surface area contributed by atoms with Crippen LogP contribution in [0.15, 0.2) is 0 Å². The van der Waals surface area contributed by atoms with E-state index >= 15 is 0 Å². The molecule has 0 spiro atoms. The second-order valence-electron chi connectivity index (χ2n) is 6.50. The number of rotatable bonds is 3. The van der Waals surface area contributed by atoms with Crippen molar-refractivity contribution < 1.29 is 4.79 Å². The first-order valence-corrected chi connectivity index (χ1v) is 7.68. The molecule has 20 heavy (non-hydrogen) atoms. The van der Waals surface area contributed by atoms with Crippen molar-refractivity contribution in [1.29, 1.82) is 0 Å². The van der Waals surface area contributed by atoms with Crippen LogP contribution in [-0.2, 0) is 11.8 Å². The number of carbonyl (C=O) groups is 1. The zero-order chi connectivity index (χ0) is 15.0. The first-order valence-electron chi connectivity index (χ1n) is 7.68. The summed E-state index contributed by atoms with van der Waals surface area (Å²) in [4.78, 5) is 19.2. The number of imidazole rings is 1. The highest BCUT2D eigenvalue weighted by Gasteiger charge is 2.34. The minimum atomic E-state index is 0.0570. The maximum absolute atomic E-state index is 12.4. The minimum Gasteiger partial charge on any atom is -0.333 e. The Morgan fingerprint density at radius 3 is 2.45 bits per heavy atom. The first kappa shape index (κ1) is 15.1. The van der Waals surface area contributed by atoms with Gasteiger partial charge in [0, 0.05) is 25.2 Å². The summed E-state index contributed by atoms with van der Waals surface area (Å²) in [5.74, 6) is 1.82. The largest absolute Gasteiger partial charge is 0.333 e. The quantitative estimate of drug-likeness (QED) is 0.851. The van der Waals surface area contributed by atoms with Gasteiger partial charge in [0.1, 0.15) is 5.82 Å². The molecule has 1 aromatic rings. The third kappa shape index (κ3) is 2.48. The van der Waals surface area contributed by atoms with Crippen molar-refractivity contribution in [2.45, 2.75) is 59.4 Å². The fourth-order valence-electron chi connectivity index (χ4n) is 3.40. The summed E-state index contributed by atoms with van der Waals surface area (Å²) in [6.45, 7) is 11.3. The number of amides is 1. The lowest BCUT2D eigenvalue weighted by molar-refractivity contribution is -0.135. The smallest absolute Gasteiger partial charge is 0.225 e. The van der Waals surface area contributed by atoms with Crippen molar-refractivity contribution >= 4 is 5.91 Å². The van der Waals surface area contributed by atoms with Gasteiger partial charge in [-0.05, 0) is 25.7 Å². The van der Waals surface area contributed by atoms with E-state index < -0.39 is 0 Å². The molecule has 2 heterocycles. The van der Waals surface area contributed by atoms with Gasteiger partial charge in [-0.1, -0.05) is 27.7 Å². The maximum atomic E-state index is 12.4. The van der Waals surface area contributed by atoms with Crippen LogP contribution in [0.5, 0.6) is 0 Å². The molecule has 4 heteroatoms. The van der Waals surface area contributed by atoms with E-state index in [9.17, 15) is 4.79 Å². The van der Waals surface area contributed by atoms with Gasteiger partial charge in [-0.2, -0.15) is 0 Å². The van der Waals surface area contributed by atoms with E-state index in [2.05, 4.69) is 32.4 Å². The summed E-state index contributed by atoms with van der Waals surface area (Å²) in [5, 5.41) is 0. The van der Waals surface area contributed by atoms with Crippen LogP contribution in [0.25, 0.3) is 0 Å². The molecule has 0 N–H and O–H groups in total. The zero-order valence-electron chi connectivity index (χ0n) is 13.6. The van der Waals surface area contributed by atoms with E-state index in [-0.39, 0.29) is 17.9 Å². The molecule has 1 aliphatic heterocycles. The fraction of sp³-hybridized carbons (Fsp3) is 0.750. The van der Waals surface area contributed by atoms with E-state index in [0.717, 1.165) is 30.9 Å². The van der Waals surface area contributed by atoms with Gasteiger partial charge in [-0.15, -0.1) is 0 Å². The molecule has 0 radical (unpaired) electrons. The number of nitrogens with zero attached hydrogens (tertiary/aromatic N) is 3. The standard InChI is InChI=1S/C16H27N3O/c1-10(2)14-12(5)17-15(18(14)6)13-8-7-9-19(13)16(20)11(3)4/h10-11,13H,7-9H2,1-6H3. The van der Waals surface area contributed by atoms with Crippen LogP contribution in [0, 0.1) is 12.8 Å². The summed E-state index contributed by atoms with van der Waals surface area (Å²) in [5.41, 5.74) is 2.38. The van der Waals surface area contributed by atoms with Gasteiger partial charge in [0.2, 0.25) is 5.91 Å². The number of hydrogen-bond donors (Lipinski definition) is 0. The average Bonchev–Trinajstić information content (AvgIpc) is 2.92. The maximum Gasteiger partial charge on any atom is 0.225 e. The molecule has 0 bridgehead atoms. The molecule has 1 amide bonds. The summed E-state index contributed by atoms with van der Waals surface area (Å²) in [6.07, 6.45) is 2.10. The van der Waals surface area contributed by atoms with Crippen molar-refractivity contribution in [2.24, 2.45) is 13.0 Å². The molecule has 1 aromatic heterocycles. The van der Waals surface area contributed by atoms with E-state index in [1.54, 1.807) is 0 Å². The highest BCUT2D eigenvalue weighted by Crippen LogP contribution is 2.34. The van der Waals surface area contributed by atoms with E-state index in [1.807, 2.05) is 18.7 Å². The van der Waals surface area contributed by atoms with Crippen LogP contribution in [0.2, 0.25) is 0 Å². The van der Waals surface area contributed by atoms with Gasteiger partial charge in [-0.25, -0.2) is 4.98 Å². The lowest BCUT2D eigenvalue weighted by Gasteiger charge is -2.26. The Morgan fingerprint density at radius 2 is 1.95 bits per heavy atom. The molecule has 1 unspecified atom stereocenters. The molecule has 1 saturated heterocycles. The Morgan fingerprint density at radius 1 is 1.30 bits per heavy atom. The molecular formula is C16H27N3O. The second-order valence-corrected chi connectivity index (χ2v) is 6.50. The van der Waals surface area contributed by atoms with Crippen LogP contribution in [0.4, 0.5) is 0 Å². The predicted molar refractivity (Wildman–Crippen MR) is 80.6 cm³/mol. The Balaban J connectivity index is 2.36. The third-order valence-corrected chi connectivity index (χ3v) is 4.23. The monoisotopic (exact) mass is 277 g/mol. The fourth-order valence-corrected chi connectivity index (χ4v) is 3.40. The van der Waals surface area contributed by atoms with Gasteiger partial charge in [0.25, 0.3) is 0 Å². The van der Waals surface area contributed by atoms with E-state index in [1.165, 1.54) is 5.69 Å². The van der Waals surface area contributed by atoms with Crippen LogP contribution < -0.4 is 0 Å². The van der Waals surface area contributed by atoms with Crippen molar-refractivity contribution in [1.82, 2.24) is 14.5 Å². The van der Waals surface area contributed by atoms with Crippen molar-refractivity contribution in [3.8, 4) is 0 Å². The summed E-state index contributed by atoms with van der Waals surface area (Å²) in [7, 11) is 2.08. The molecule has 1 atom stereocenters. The number of hydrogen-bond acceptors (Lipinski definition) is 2. The molecular weight excluding hydrogens is 250 g/mol. The highest BCUT2D eigenvalue weighted by atomic mass is 16.2. The Kier molecular flexibility index (Phi) is 4.21. The van der Waals surface area contributed by atoms with Crippen LogP contribution >= 0.6 is 0 Å². The third-order valence-electron chi connectivity index (χ3n) is 4.23. The van der Waals surface area contributed by atoms with E-state index in [0.29, 0.717) is 5.92 Å². The van der Waals surface area contributed by atoms with Crippen molar-refractivity contribution in [3.05, 3.63) is 17.2 Å². The molecule has 4 nitrogen and oxygen atoms in total. The predicted octanol–water partition coefficient (Wildman–Crippen LogP) is 3.17. The van der Waals surface area contributed by atoms with Gasteiger partial charge in [-0.3, -0.25) is 4.79 Å².